The van der Waals surface area contributed by atoms with Crippen molar-refractivity contribution in [1.82, 2.24) is 10.2 Å². The van der Waals surface area contributed by atoms with Gasteiger partial charge in [-0.1, -0.05) is 42.8 Å². The molecule has 3 rings (SSSR count). The van der Waals surface area contributed by atoms with Gasteiger partial charge in [-0.2, -0.15) is 0 Å². The van der Waals surface area contributed by atoms with E-state index in [1.54, 1.807) is 12.1 Å². The lowest BCUT2D eigenvalue weighted by Gasteiger charge is -2.26. The van der Waals surface area contributed by atoms with E-state index in [0.717, 1.165) is 44.0 Å². The van der Waals surface area contributed by atoms with Crippen LogP contribution in [0, 0.1) is 6.92 Å². The van der Waals surface area contributed by atoms with Gasteiger partial charge in [0.1, 0.15) is 5.75 Å². The van der Waals surface area contributed by atoms with Crippen LogP contribution in [-0.2, 0) is 22.6 Å². The van der Waals surface area contributed by atoms with Gasteiger partial charge >= 0.3 is 0 Å². The summed E-state index contributed by atoms with van der Waals surface area (Å²) < 4.78 is 11.3. The second kappa shape index (κ2) is 10.6. The Morgan fingerprint density at radius 1 is 1.21 bits per heavy atom. The molecule has 1 atom stereocenters. The number of benzene rings is 2. The van der Waals surface area contributed by atoms with Gasteiger partial charge in [0.2, 0.25) is 0 Å². The van der Waals surface area contributed by atoms with Gasteiger partial charge in [0, 0.05) is 31.2 Å². The molecule has 1 N–H and O–H groups in total. The molecule has 5 nitrogen and oxygen atoms in total. The fraction of sp³-hybridized carbons (Fsp3) is 0.435. The molecule has 0 saturated carbocycles. The van der Waals surface area contributed by atoms with Gasteiger partial charge < -0.3 is 14.8 Å². The number of carbonyl (C=O) groups excluding carboxylic acids is 1. The molecule has 2 aromatic carbocycles. The number of amides is 1. The maximum atomic E-state index is 12.6. The maximum Gasteiger partial charge on any atom is 0.261 e. The van der Waals surface area contributed by atoms with Crippen molar-refractivity contribution in [3.63, 3.8) is 0 Å². The Morgan fingerprint density at radius 3 is 2.69 bits per heavy atom. The molecule has 1 fully saturated rings. The van der Waals surface area contributed by atoms with Crippen LogP contribution < -0.4 is 10.1 Å². The quantitative estimate of drug-likeness (QED) is 0.707. The molecule has 29 heavy (non-hydrogen) atoms. The Labute approximate surface area is 177 Å². The van der Waals surface area contributed by atoms with E-state index in [2.05, 4.69) is 22.3 Å². The van der Waals surface area contributed by atoms with Crippen LogP contribution in [0.25, 0.3) is 0 Å². The van der Waals surface area contributed by atoms with E-state index in [1.807, 2.05) is 32.0 Å². The highest BCUT2D eigenvalue weighted by Crippen LogP contribution is 2.22. The minimum atomic E-state index is -0.535. The van der Waals surface area contributed by atoms with Crippen LogP contribution in [0.15, 0.2) is 42.5 Å². The highest BCUT2D eigenvalue weighted by atomic mass is 35.5. The van der Waals surface area contributed by atoms with Crippen LogP contribution in [-0.4, -0.2) is 43.2 Å². The normalized spacial score (nSPS) is 15.7. The number of rotatable bonds is 8. The Balaban J connectivity index is 1.54. The van der Waals surface area contributed by atoms with Gasteiger partial charge in [-0.15, -0.1) is 0 Å². The SMILES string of the molecule is CC[C@@H](Oc1ccc(Cl)c(C)c1)C(=O)NCc1cccc(CN2CCOCC2)c1. The fourth-order valence-electron chi connectivity index (χ4n) is 3.34. The highest BCUT2D eigenvalue weighted by molar-refractivity contribution is 6.31. The van der Waals surface area contributed by atoms with Crippen LogP contribution >= 0.6 is 11.6 Å². The monoisotopic (exact) mass is 416 g/mol. The van der Waals surface area contributed by atoms with Gasteiger partial charge in [-0.05, 0) is 48.2 Å². The zero-order chi connectivity index (χ0) is 20.6. The molecule has 1 heterocycles. The van der Waals surface area contributed by atoms with E-state index in [1.165, 1.54) is 5.56 Å². The van der Waals surface area contributed by atoms with Crippen molar-refractivity contribution in [1.29, 1.82) is 0 Å². The number of morpholine rings is 1. The minimum absolute atomic E-state index is 0.112. The van der Waals surface area contributed by atoms with E-state index in [0.29, 0.717) is 23.7 Å². The van der Waals surface area contributed by atoms with Gasteiger partial charge in [-0.3, -0.25) is 9.69 Å². The Bertz CT molecular complexity index is 822. The number of nitrogens with zero attached hydrogens (tertiary/aromatic N) is 1. The topological polar surface area (TPSA) is 50.8 Å². The lowest BCUT2D eigenvalue weighted by molar-refractivity contribution is -0.128. The van der Waals surface area contributed by atoms with Gasteiger partial charge in [0.05, 0.1) is 13.2 Å². The second-order valence-corrected chi connectivity index (χ2v) is 7.76. The minimum Gasteiger partial charge on any atom is -0.481 e. The van der Waals surface area contributed by atoms with E-state index >= 15 is 0 Å². The molecule has 0 aliphatic carbocycles. The Hall–Kier alpha value is -2.08. The summed E-state index contributed by atoms with van der Waals surface area (Å²) in [6, 6.07) is 13.8. The van der Waals surface area contributed by atoms with Crippen LogP contribution in [0.5, 0.6) is 5.75 Å². The maximum absolute atomic E-state index is 12.6. The van der Waals surface area contributed by atoms with Crippen molar-refractivity contribution in [3.05, 3.63) is 64.2 Å². The Morgan fingerprint density at radius 2 is 1.97 bits per heavy atom. The number of halogens is 1. The summed E-state index contributed by atoms with van der Waals surface area (Å²) in [5, 5.41) is 3.69. The second-order valence-electron chi connectivity index (χ2n) is 7.35. The molecule has 156 valence electrons. The number of aryl methyl sites for hydroxylation is 1. The van der Waals surface area contributed by atoms with Gasteiger partial charge in [0.25, 0.3) is 5.91 Å². The summed E-state index contributed by atoms with van der Waals surface area (Å²) in [5.74, 6) is 0.542. The predicted octanol–water partition coefficient (Wildman–Crippen LogP) is 3.95. The summed E-state index contributed by atoms with van der Waals surface area (Å²) in [7, 11) is 0. The highest BCUT2D eigenvalue weighted by Gasteiger charge is 2.18. The Kier molecular flexibility index (Phi) is 7.92. The number of nitrogens with one attached hydrogen (secondary N) is 1. The zero-order valence-electron chi connectivity index (χ0n) is 17.1. The van der Waals surface area contributed by atoms with Crippen molar-refractivity contribution >= 4 is 17.5 Å². The summed E-state index contributed by atoms with van der Waals surface area (Å²) >= 11 is 6.06. The van der Waals surface area contributed by atoms with Gasteiger partial charge in [-0.25, -0.2) is 0 Å². The van der Waals surface area contributed by atoms with Crippen LogP contribution in [0.3, 0.4) is 0 Å². The first-order valence-corrected chi connectivity index (χ1v) is 10.5. The molecule has 6 heteroatoms. The standard InChI is InChI=1S/C23H29ClN2O3/c1-3-22(29-20-7-8-21(24)17(2)13-20)23(27)25-15-18-5-4-6-19(14-18)16-26-9-11-28-12-10-26/h4-8,13-14,22H,3,9-12,15-16H2,1-2H3,(H,25,27)/t22-/m1/s1. The lowest BCUT2D eigenvalue weighted by Crippen LogP contribution is -2.37. The zero-order valence-corrected chi connectivity index (χ0v) is 17.9. The molecule has 0 bridgehead atoms. The van der Waals surface area contributed by atoms with Crippen LogP contribution in [0.4, 0.5) is 0 Å². The number of carbonyl (C=O) groups is 1. The van der Waals surface area contributed by atoms with E-state index in [-0.39, 0.29) is 5.91 Å². The third-order valence-corrected chi connectivity index (χ3v) is 5.46. The van der Waals surface area contributed by atoms with Crippen LogP contribution in [0.1, 0.15) is 30.0 Å². The van der Waals surface area contributed by atoms with Crippen molar-refractivity contribution in [2.75, 3.05) is 26.3 Å². The van der Waals surface area contributed by atoms with Crippen molar-refractivity contribution in [2.24, 2.45) is 0 Å². The molecule has 0 aromatic heterocycles. The molecule has 0 unspecified atom stereocenters. The molecule has 2 aromatic rings. The smallest absolute Gasteiger partial charge is 0.261 e. The third-order valence-electron chi connectivity index (χ3n) is 5.04. The summed E-state index contributed by atoms with van der Waals surface area (Å²) in [5.41, 5.74) is 3.26. The average molecular weight is 417 g/mol. The third kappa shape index (κ3) is 6.46. The van der Waals surface area contributed by atoms with E-state index < -0.39 is 6.10 Å². The summed E-state index contributed by atoms with van der Waals surface area (Å²) in [6.07, 6.45) is 0.0528. The summed E-state index contributed by atoms with van der Waals surface area (Å²) in [4.78, 5) is 15.0. The molecule has 1 saturated heterocycles. The van der Waals surface area contributed by atoms with Gasteiger partial charge in [0.15, 0.2) is 6.10 Å². The average Bonchev–Trinajstić information content (AvgIpc) is 2.74. The van der Waals surface area contributed by atoms with Crippen molar-refractivity contribution < 1.29 is 14.3 Å². The molecule has 0 spiro atoms. The first-order chi connectivity index (χ1) is 14.0. The number of hydrogen-bond donors (Lipinski definition) is 1. The van der Waals surface area contributed by atoms with Crippen LogP contribution in [0.2, 0.25) is 5.02 Å². The molecule has 0 radical (unpaired) electrons. The fourth-order valence-corrected chi connectivity index (χ4v) is 3.45. The summed E-state index contributed by atoms with van der Waals surface area (Å²) in [6.45, 7) is 8.75. The lowest BCUT2D eigenvalue weighted by atomic mass is 10.1. The van der Waals surface area contributed by atoms with Crippen molar-refractivity contribution in [3.8, 4) is 5.75 Å². The number of ether oxygens (including phenoxy) is 2. The molecular weight excluding hydrogens is 388 g/mol. The van der Waals surface area contributed by atoms with E-state index in [9.17, 15) is 4.79 Å². The largest absolute Gasteiger partial charge is 0.481 e. The molecule has 1 amide bonds. The van der Waals surface area contributed by atoms with E-state index in [4.69, 9.17) is 21.1 Å². The number of hydrogen-bond acceptors (Lipinski definition) is 4. The first kappa shape index (κ1) is 21.6. The van der Waals surface area contributed by atoms with Crippen molar-refractivity contribution in [2.45, 2.75) is 39.5 Å². The molecular formula is C23H29ClN2O3. The molecule has 1 aliphatic heterocycles. The molecule has 1 aliphatic rings. The first-order valence-electron chi connectivity index (χ1n) is 10.1. The predicted molar refractivity (Wildman–Crippen MR) is 115 cm³/mol.